The van der Waals surface area contributed by atoms with Gasteiger partial charge in [0.2, 0.25) is 5.91 Å². The number of nitrogens with zero attached hydrogens (tertiary/aromatic N) is 1. The SMILES string of the molecule is CN(C(=O)C1CCCCC1)C1CCCCC1N. The standard InChI is InChI=1S/C14H26N2O/c1-16(13-10-6-5-9-12(13)15)14(17)11-7-3-2-4-8-11/h11-13H,2-10,15H2,1H3. The highest BCUT2D eigenvalue weighted by atomic mass is 16.2. The van der Waals surface area contributed by atoms with Crippen molar-refractivity contribution in [3.8, 4) is 0 Å². The van der Waals surface area contributed by atoms with Gasteiger partial charge in [0.1, 0.15) is 0 Å². The van der Waals surface area contributed by atoms with Gasteiger partial charge in [-0.2, -0.15) is 0 Å². The Morgan fingerprint density at radius 1 is 1.00 bits per heavy atom. The summed E-state index contributed by atoms with van der Waals surface area (Å²) in [4.78, 5) is 14.4. The first kappa shape index (κ1) is 12.9. The van der Waals surface area contributed by atoms with Crippen molar-refractivity contribution in [3.63, 3.8) is 0 Å². The van der Waals surface area contributed by atoms with Gasteiger partial charge >= 0.3 is 0 Å². The summed E-state index contributed by atoms with van der Waals surface area (Å²) < 4.78 is 0. The molecule has 2 N–H and O–H groups in total. The van der Waals surface area contributed by atoms with E-state index in [0.29, 0.717) is 5.91 Å². The van der Waals surface area contributed by atoms with Crippen LogP contribution in [0.2, 0.25) is 0 Å². The first-order valence-electron chi connectivity index (χ1n) is 7.22. The number of likely N-dealkylation sites (N-methyl/N-ethyl adjacent to an activating group) is 1. The fourth-order valence-corrected chi connectivity index (χ4v) is 3.42. The molecule has 0 aromatic heterocycles. The summed E-state index contributed by atoms with van der Waals surface area (Å²) in [7, 11) is 1.97. The molecule has 2 aliphatic rings. The van der Waals surface area contributed by atoms with Crippen molar-refractivity contribution >= 4 is 5.91 Å². The first-order chi connectivity index (χ1) is 8.20. The van der Waals surface area contributed by atoms with Gasteiger partial charge in [0.05, 0.1) is 0 Å². The Bertz CT molecular complexity index is 261. The molecule has 2 saturated carbocycles. The predicted molar refractivity (Wildman–Crippen MR) is 69.6 cm³/mol. The van der Waals surface area contributed by atoms with Crippen LogP contribution in [0, 0.1) is 5.92 Å². The maximum Gasteiger partial charge on any atom is 0.225 e. The molecule has 0 aromatic carbocycles. The molecular weight excluding hydrogens is 212 g/mol. The van der Waals surface area contributed by atoms with E-state index in [1.54, 1.807) is 0 Å². The van der Waals surface area contributed by atoms with Crippen LogP contribution < -0.4 is 5.73 Å². The highest BCUT2D eigenvalue weighted by Gasteiger charge is 2.32. The number of carbonyl (C=O) groups excluding carboxylic acids is 1. The summed E-state index contributed by atoms with van der Waals surface area (Å²) >= 11 is 0. The lowest BCUT2D eigenvalue weighted by Crippen LogP contribution is -2.51. The Balaban J connectivity index is 1.92. The van der Waals surface area contributed by atoms with Gasteiger partial charge in [-0.25, -0.2) is 0 Å². The zero-order chi connectivity index (χ0) is 12.3. The van der Waals surface area contributed by atoms with Crippen molar-refractivity contribution < 1.29 is 4.79 Å². The quantitative estimate of drug-likeness (QED) is 0.802. The number of rotatable bonds is 2. The minimum absolute atomic E-state index is 0.196. The Labute approximate surface area is 105 Å². The van der Waals surface area contributed by atoms with Crippen LogP contribution in [-0.4, -0.2) is 29.9 Å². The average Bonchev–Trinajstić information content (AvgIpc) is 2.39. The molecule has 3 heteroatoms. The van der Waals surface area contributed by atoms with Crippen LogP contribution in [0.3, 0.4) is 0 Å². The first-order valence-corrected chi connectivity index (χ1v) is 7.22. The normalized spacial score (nSPS) is 31.2. The molecular formula is C14H26N2O. The van der Waals surface area contributed by atoms with Crippen LogP contribution >= 0.6 is 0 Å². The maximum atomic E-state index is 12.4. The Kier molecular flexibility index (Phi) is 4.43. The molecule has 0 spiro atoms. The average molecular weight is 238 g/mol. The third-order valence-corrected chi connectivity index (χ3v) is 4.58. The Morgan fingerprint density at radius 2 is 1.59 bits per heavy atom. The van der Waals surface area contributed by atoms with Gasteiger partial charge in [-0.1, -0.05) is 32.1 Å². The van der Waals surface area contributed by atoms with Gasteiger partial charge in [0.15, 0.2) is 0 Å². The van der Waals surface area contributed by atoms with Crippen molar-refractivity contribution in [2.45, 2.75) is 69.9 Å². The molecule has 0 heterocycles. The van der Waals surface area contributed by atoms with Crippen LogP contribution in [0.5, 0.6) is 0 Å². The molecule has 3 nitrogen and oxygen atoms in total. The van der Waals surface area contributed by atoms with Crippen molar-refractivity contribution in [1.29, 1.82) is 0 Å². The van der Waals surface area contributed by atoms with Gasteiger partial charge in [0, 0.05) is 25.0 Å². The third-order valence-electron chi connectivity index (χ3n) is 4.58. The Morgan fingerprint density at radius 3 is 2.24 bits per heavy atom. The minimum Gasteiger partial charge on any atom is -0.341 e. The number of nitrogens with two attached hydrogens (primary N) is 1. The maximum absolute atomic E-state index is 12.4. The van der Waals surface area contributed by atoms with Crippen molar-refractivity contribution in [2.24, 2.45) is 11.7 Å². The van der Waals surface area contributed by atoms with E-state index in [2.05, 4.69) is 0 Å². The molecule has 2 rings (SSSR count). The van der Waals surface area contributed by atoms with E-state index < -0.39 is 0 Å². The van der Waals surface area contributed by atoms with Crippen LogP contribution in [0.15, 0.2) is 0 Å². The van der Waals surface area contributed by atoms with Crippen molar-refractivity contribution in [1.82, 2.24) is 4.90 Å². The van der Waals surface area contributed by atoms with Gasteiger partial charge in [0.25, 0.3) is 0 Å². The third kappa shape index (κ3) is 3.01. The predicted octanol–water partition coefficient (Wildman–Crippen LogP) is 2.29. The topological polar surface area (TPSA) is 46.3 Å². The molecule has 98 valence electrons. The van der Waals surface area contributed by atoms with Crippen molar-refractivity contribution in [3.05, 3.63) is 0 Å². The summed E-state index contributed by atoms with van der Waals surface area (Å²) in [5.74, 6) is 0.634. The van der Waals surface area contributed by atoms with Crippen LogP contribution in [-0.2, 0) is 4.79 Å². The second-order valence-corrected chi connectivity index (χ2v) is 5.80. The van der Waals surface area contributed by atoms with Crippen LogP contribution in [0.1, 0.15) is 57.8 Å². The molecule has 1 amide bonds. The number of hydrogen-bond donors (Lipinski definition) is 1. The zero-order valence-corrected chi connectivity index (χ0v) is 11.0. The van der Waals surface area contributed by atoms with Gasteiger partial charge in [-0.15, -0.1) is 0 Å². The largest absolute Gasteiger partial charge is 0.341 e. The van der Waals surface area contributed by atoms with E-state index in [9.17, 15) is 4.79 Å². The number of carbonyl (C=O) groups is 1. The second kappa shape index (κ2) is 5.85. The summed E-state index contributed by atoms with van der Waals surface area (Å²) in [5.41, 5.74) is 6.15. The zero-order valence-electron chi connectivity index (χ0n) is 11.0. The van der Waals surface area contributed by atoms with Crippen LogP contribution in [0.4, 0.5) is 0 Å². The highest BCUT2D eigenvalue weighted by molar-refractivity contribution is 5.79. The van der Waals surface area contributed by atoms with E-state index in [4.69, 9.17) is 5.73 Å². The van der Waals surface area contributed by atoms with E-state index in [1.165, 1.54) is 32.1 Å². The molecule has 17 heavy (non-hydrogen) atoms. The number of amides is 1. The van der Waals surface area contributed by atoms with E-state index in [0.717, 1.165) is 25.7 Å². The smallest absolute Gasteiger partial charge is 0.225 e. The molecule has 2 unspecified atom stereocenters. The lowest BCUT2D eigenvalue weighted by atomic mass is 9.86. The molecule has 0 aromatic rings. The molecule has 0 aliphatic heterocycles. The fourth-order valence-electron chi connectivity index (χ4n) is 3.42. The second-order valence-electron chi connectivity index (χ2n) is 5.80. The molecule has 0 bridgehead atoms. The fraction of sp³-hybridized carbons (Fsp3) is 0.929. The molecule has 0 radical (unpaired) electrons. The minimum atomic E-state index is 0.196. The van der Waals surface area contributed by atoms with Crippen LogP contribution in [0.25, 0.3) is 0 Å². The Hall–Kier alpha value is -0.570. The highest BCUT2D eigenvalue weighted by Crippen LogP contribution is 2.28. The molecule has 0 saturated heterocycles. The lowest BCUT2D eigenvalue weighted by Gasteiger charge is -2.38. The number of hydrogen-bond acceptors (Lipinski definition) is 2. The van der Waals surface area contributed by atoms with E-state index in [1.807, 2.05) is 11.9 Å². The molecule has 2 fully saturated rings. The summed E-state index contributed by atoms with van der Waals surface area (Å²) in [6.45, 7) is 0. The monoisotopic (exact) mass is 238 g/mol. The van der Waals surface area contributed by atoms with E-state index >= 15 is 0 Å². The van der Waals surface area contributed by atoms with Gasteiger partial charge in [-0.05, 0) is 25.7 Å². The summed E-state index contributed by atoms with van der Waals surface area (Å²) in [6.07, 6.45) is 10.5. The van der Waals surface area contributed by atoms with Crippen molar-refractivity contribution in [2.75, 3.05) is 7.05 Å². The molecule has 2 aliphatic carbocycles. The summed E-state index contributed by atoms with van der Waals surface area (Å²) in [6, 6.07) is 0.486. The van der Waals surface area contributed by atoms with Gasteiger partial charge < -0.3 is 10.6 Å². The lowest BCUT2D eigenvalue weighted by molar-refractivity contribution is -0.138. The molecule has 2 atom stereocenters. The summed E-state index contributed by atoms with van der Waals surface area (Å²) in [5, 5.41) is 0. The van der Waals surface area contributed by atoms with Gasteiger partial charge in [-0.3, -0.25) is 4.79 Å². The van der Waals surface area contributed by atoms with E-state index in [-0.39, 0.29) is 18.0 Å².